The molecule has 1 N–H and O–H groups in total. The highest BCUT2D eigenvalue weighted by Crippen LogP contribution is 2.07. The van der Waals surface area contributed by atoms with E-state index in [1.165, 1.54) is 4.90 Å². The molecule has 0 saturated carbocycles. The molecule has 17 heavy (non-hydrogen) atoms. The van der Waals surface area contributed by atoms with Gasteiger partial charge in [0.2, 0.25) is 0 Å². The van der Waals surface area contributed by atoms with Crippen molar-refractivity contribution in [1.29, 1.82) is 0 Å². The van der Waals surface area contributed by atoms with Crippen LogP contribution in [0.25, 0.3) is 0 Å². The first-order valence-electron chi connectivity index (χ1n) is 6.25. The molecule has 0 unspecified atom stereocenters. The lowest BCUT2D eigenvalue weighted by atomic mass is 10.2. The van der Waals surface area contributed by atoms with Gasteiger partial charge in [0, 0.05) is 20.7 Å². The molecule has 106 valence electrons. The summed E-state index contributed by atoms with van der Waals surface area (Å²) < 4.78 is 4.99. The molecule has 0 atom stereocenters. The van der Waals surface area contributed by atoms with Crippen LogP contribution in [0, 0.1) is 0 Å². The summed E-state index contributed by atoms with van der Waals surface area (Å²) in [5.41, 5.74) is -0.388. The van der Waals surface area contributed by atoms with Crippen molar-refractivity contribution in [2.75, 3.05) is 20.7 Å². The Kier molecular flexibility index (Phi) is 16.8. The van der Waals surface area contributed by atoms with E-state index in [0.717, 1.165) is 12.8 Å². The van der Waals surface area contributed by atoms with Crippen LogP contribution in [0.5, 0.6) is 0 Å². The van der Waals surface area contributed by atoms with Crippen LogP contribution in [0.2, 0.25) is 0 Å². The van der Waals surface area contributed by atoms with Crippen LogP contribution in [0.1, 0.15) is 54.4 Å². The molecule has 0 aromatic rings. The second-order valence-electron chi connectivity index (χ2n) is 4.45. The number of rotatable bonds is 2. The Hall–Kier alpha value is -0.770. The topological polar surface area (TPSA) is 49.8 Å². The fourth-order valence-corrected chi connectivity index (χ4v) is 0.511. The second-order valence-corrected chi connectivity index (χ2v) is 4.45. The minimum Gasteiger partial charge on any atom is -0.444 e. The zero-order valence-electron chi connectivity index (χ0n) is 12.8. The molecular formula is C13H31NO3. The lowest BCUT2D eigenvalue weighted by Crippen LogP contribution is -2.31. The van der Waals surface area contributed by atoms with E-state index in [0.29, 0.717) is 6.61 Å². The van der Waals surface area contributed by atoms with E-state index < -0.39 is 0 Å². The molecule has 0 spiro atoms. The molecule has 1 amide bonds. The Labute approximate surface area is 107 Å². The highest BCUT2D eigenvalue weighted by Gasteiger charge is 2.16. The number of carbonyl (C=O) groups is 1. The molecule has 0 aliphatic carbocycles. The van der Waals surface area contributed by atoms with Gasteiger partial charge >= 0.3 is 6.09 Å². The largest absolute Gasteiger partial charge is 0.444 e. The molecule has 0 saturated heterocycles. The monoisotopic (exact) mass is 249 g/mol. The standard InChI is InChI=1S/C7H15NO2.C4H10O.C2H6/c1-7(2,3)10-6(9)8(4)5;1-2-3-4-5;1-2/h1-5H3;5H,2-4H2,1H3;1-2H3. The summed E-state index contributed by atoms with van der Waals surface area (Å²) in [5.74, 6) is 0. The average Bonchev–Trinajstić information content (AvgIpc) is 2.20. The fraction of sp³-hybridized carbons (Fsp3) is 0.923. The number of aliphatic hydroxyl groups excluding tert-OH is 1. The highest BCUT2D eigenvalue weighted by molar-refractivity contribution is 5.67. The van der Waals surface area contributed by atoms with E-state index in [2.05, 4.69) is 6.92 Å². The third-order valence-corrected chi connectivity index (χ3v) is 1.27. The summed E-state index contributed by atoms with van der Waals surface area (Å²) in [5, 5.41) is 8.07. The van der Waals surface area contributed by atoms with Crippen molar-refractivity contribution in [2.45, 2.75) is 60.0 Å². The van der Waals surface area contributed by atoms with E-state index in [9.17, 15) is 4.79 Å². The van der Waals surface area contributed by atoms with Crippen LogP contribution in [-0.4, -0.2) is 42.4 Å². The predicted molar refractivity (Wildman–Crippen MR) is 73.3 cm³/mol. The normalized spacial score (nSPS) is 9.24. The number of ether oxygens (including phenoxy) is 1. The molecule has 4 nitrogen and oxygen atoms in total. The maximum atomic E-state index is 10.9. The maximum Gasteiger partial charge on any atom is 0.409 e. The van der Waals surface area contributed by atoms with Crippen LogP contribution in [0.3, 0.4) is 0 Å². The van der Waals surface area contributed by atoms with E-state index >= 15 is 0 Å². The summed E-state index contributed by atoms with van der Waals surface area (Å²) in [6.45, 7) is 11.9. The summed E-state index contributed by atoms with van der Waals surface area (Å²) >= 11 is 0. The van der Waals surface area contributed by atoms with Gasteiger partial charge in [-0.1, -0.05) is 27.2 Å². The molecule has 0 aromatic carbocycles. The minimum absolute atomic E-state index is 0.299. The highest BCUT2D eigenvalue weighted by atomic mass is 16.6. The van der Waals surface area contributed by atoms with Crippen molar-refractivity contribution in [1.82, 2.24) is 4.90 Å². The number of nitrogens with zero attached hydrogens (tertiary/aromatic N) is 1. The van der Waals surface area contributed by atoms with Crippen molar-refractivity contribution in [2.24, 2.45) is 0 Å². The predicted octanol–water partition coefficient (Wildman–Crippen LogP) is 3.29. The Bertz CT molecular complexity index is 161. The fourth-order valence-electron chi connectivity index (χ4n) is 0.511. The minimum atomic E-state index is -0.388. The van der Waals surface area contributed by atoms with E-state index in [-0.39, 0.29) is 11.7 Å². The van der Waals surface area contributed by atoms with Gasteiger partial charge in [-0.3, -0.25) is 0 Å². The Balaban J connectivity index is -0.000000236. The quantitative estimate of drug-likeness (QED) is 0.817. The Morgan fingerprint density at radius 2 is 1.65 bits per heavy atom. The molecule has 4 heteroatoms. The summed E-state index contributed by atoms with van der Waals surface area (Å²) in [7, 11) is 3.32. The van der Waals surface area contributed by atoms with Gasteiger partial charge in [0.15, 0.2) is 0 Å². The molecule has 0 rings (SSSR count). The smallest absolute Gasteiger partial charge is 0.409 e. The summed E-state index contributed by atoms with van der Waals surface area (Å²) in [6, 6.07) is 0. The van der Waals surface area contributed by atoms with Gasteiger partial charge in [-0.2, -0.15) is 0 Å². The van der Waals surface area contributed by atoms with Gasteiger partial charge in [0.05, 0.1) is 0 Å². The molecule has 0 fully saturated rings. The van der Waals surface area contributed by atoms with E-state index in [4.69, 9.17) is 9.84 Å². The number of hydrogen-bond acceptors (Lipinski definition) is 3. The third kappa shape index (κ3) is 25.5. The zero-order valence-corrected chi connectivity index (χ0v) is 12.8. The van der Waals surface area contributed by atoms with Gasteiger partial charge in [-0.05, 0) is 27.2 Å². The lowest BCUT2D eigenvalue weighted by Gasteiger charge is -2.22. The van der Waals surface area contributed by atoms with Crippen molar-refractivity contribution in [3.63, 3.8) is 0 Å². The SMILES string of the molecule is CC.CCCCO.CN(C)C(=O)OC(C)(C)C. The first kappa shape index (κ1) is 21.5. The van der Waals surface area contributed by atoms with Gasteiger partial charge in [0.1, 0.15) is 5.60 Å². The van der Waals surface area contributed by atoms with Crippen molar-refractivity contribution in [3.8, 4) is 0 Å². The first-order chi connectivity index (χ1) is 7.74. The maximum absolute atomic E-state index is 10.9. The van der Waals surface area contributed by atoms with Crippen LogP contribution >= 0.6 is 0 Å². The lowest BCUT2D eigenvalue weighted by molar-refractivity contribution is 0.0341. The van der Waals surface area contributed by atoms with Crippen LogP contribution in [0.4, 0.5) is 4.79 Å². The molecule has 0 aliphatic heterocycles. The zero-order chi connectivity index (χ0) is 14.5. The van der Waals surface area contributed by atoms with Gasteiger partial charge in [-0.15, -0.1) is 0 Å². The second kappa shape index (κ2) is 13.3. The van der Waals surface area contributed by atoms with E-state index in [1.54, 1.807) is 14.1 Å². The molecule has 0 heterocycles. The Morgan fingerprint density at radius 1 is 1.24 bits per heavy atom. The number of hydrogen-bond donors (Lipinski definition) is 1. The molecule has 0 aliphatic rings. The molecule has 0 aromatic heterocycles. The molecular weight excluding hydrogens is 218 g/mol. The molecule has 0 bridgehead atoms. The molecule has 0 radical (unpaired) electrons. The van der Waals surface area contributed by atoms with Gasteiger partial charge in [-0.25, -0.2) is 4.79 Å². The van der Waals surface area contributed by atoms with Crippen molar-refractivity contribution >= 4 is 6.09 Å². The van der Waals surface area contributed by atoms with Crippen LogP contribution < -0.4 is 0 Å². The van der Waals surface area contributed by atoms with Crippen LogP contribution in [-0.2, 0) is 4.74 Å². The third-order valence-electron chi connectivity index (χ3n) is 1.27. The first-order valence-corrected chi connectivity index (χ1v) is 6.25. The number of aliphatic hydroxyl groups is 1. The van der Waals surface area contributed by atoms with E-state index in [1.807, 2.05) is 34.6 Å². The van der Waals surface area contributed by atoms with Crippen LogP contribution in [0.15, 0.2) is 0 Å². The average molecular weight is 249 g/mol. The summed E-state index contributed by atoms with van der Waals surface area (Å²) in [6.07, 6.45) is 1.74. The van der Waals surface area contributed by atoms with Crippen molar-refractivity contribution < 1.29 is 14.6 Å². The Morgan fingerprint density at radius 3 is 1.71 bits per heavy atom. The number of carbonyl (C=O) groups excluding carboxylic acids is 1. The van der Waals surface area contributed by atoms with Gasteiger partial charge in [0.25, 0.3) is 0 Å². The number of amides is 1. The number of unbranched alkanes of at least 4 members (excludes halogenated alkanes) is 1. The van der Waals surface area contributed by atoms with Gasteiger partial charge < -0.3 is 14.7 Å². The van der Waals surface area contributed by atoms with Crippen molar-refractivity contribution in [3.05, 3.63) is 0 Å². The summed E-state index contributed by atoms with van der Waals surface area (Å²) in [4.78, 5) is 12.3.